The fourth-order valence-electron chi connectivity index (χ4n) is 2.88. The van der Waals surface area contributed by atoms with E-state index in [4.69, 9.17) is 0 Å². The Morgan fingerprint density at radius 2 is 1.89 bits per heavy atom. The van der Waals surface area contributed by atoms with Crippen LogP contribution in [0.5, 0.6) is 0 Å². The lowest BCUT2D eigenvalue weighted by molar-refractivity contribution is 0.0499. The number of likely N-dealkylation sites (tertiary alicyclic amines) is 1. The highest BCUT2D eigenvalue weighted by atomic mass is 16.3. The molecule has 0 aromatic heterocycles. The quantitative estimate of drug-likeness (QED) is 0.887. The molecular weight excluding hydrogens is 222 g/mol. The van der Waals surface area contributed by atoms with Crippen LogP contribution in [0.1, 0.15) is 43.9 Å². The molecule has 2 nitrogen and oxygen atoms in total. The molecule has 0 spiro atoms. The molecule has 0 bridgehead atoms. The van der Waals surface area contributed by atoms with E-state index in [0.29, 0.717) is 12.0 Å². The molecule has 0 saturated carbocycles. The molecule has 1 aliphatic heterocycles. The highest BCUT2D eigenvalue weighted by Crippen LogP contribution is 2.31. The van der Waals surface area contributed by atoms with Crippen LogP contribution in [0.2, 0.25) is 0 Å². The predicted molar refractivity (Wildman–Crippen MR) is 75.6 cm³/mol. The predicted octanol–water partition coefficient (Wildman–Crippen LogP) is 3.15. The van der Waals surface area contributed by atoms with Gasteiger partial charge in [0, 0.05) is 6.04 Å². The zero-order valence-electron chi connectivity index (χ0n) is 11.8. The third-order valence-electron chi connectivity index (χ3n) is 4.13. The number of aryl methyl sites for hydroxylation is 1. The molecule has 1 N–H and O–H groups in total. The van der Waals surface area contributed by atoms with E-state index in [1.54, 1.807) is 0 Å². The van der Waals surface area contributed by atoms with Crippen molar-refractivity contribution in [2.75, 3.05) is 13.1 Å². The highest BCUT2D eigenvalue weighted by Gasteiger charge is 2.26. The number of benzene rings is 1. The number of piperidine rings is 1. The molecule has 1 fully saturated rings. The lowest BCUT2D eigenvalue weighted by atomic mass is 9.87. The summed E-state index contributed by atoms with van der Waals surface area (Å²) in [7, 11) is 0. The fourth-order valence-corrected chi connectivity index (χ4v) is 2.88. The molecule has 18 heavy (non-hydrogen) atoms. The maximum atomic E-state index is 10.5. The summed E-state index contributed by atoms with van der Waals surface area (Å²) in [4.78, 5) is 2.50. The molecule has 1 heterocycles. The van der Waals surface area contributed by atoms with Gasteiger partial charge in [-0.2, -0.15) is 0 Å². The minimum atomic E-state index is -0.292. The van der Waals surface area contributed by atoms with Gasteiger partial charge in [0.1, 0.15) is 0 Å². The molecule has 1 aliphatic rings. The minimum absolute atomic E-state index is 0.292. The van der Waals surface area contributed by atoms with Gasteiger partial charge in [-0.1, -0.05) is 29.8 Å². The fraction of sp³-hybridized carbons (Fsp3) is 0.625. The van der Waals surface area contributed by atoms with Crippen LogP contribution in [0.4, 0.5) is 0 Å². The summed E-state index contributed by atoms with van der Waals surface area (Å²) >= 11 is 0. The van der Waals surface area contributed by atoms with Crippen LogP contribution in [0, 0.1) is 12.8 Å². The van der Waals surface area contributed by atoms with Crippen LogP contribution >= 0.6 is 0 Å². The van der Waals surface area contributed by atoms with E-state index >= 15 is 0 Å². The molecule has 1 aromatic rings. The van der Waals surface area contributed by atoms with Crippen molar-refractivity contribution >= 4 is 0 Å². The summed E-state index contributed by atoms with van der Waals surface area (Å²) in [5.41, 5.74) is 2.31. The molecule has 1 saturated heterocycles. The lowest BCUT2D eigenvalue weighted by Crippen LogP contribution is -2.39. The van der Waals surface area contributed by atoms with Crippen molar-refractivity contribution in [3.05, 3.63) is 35.4 Å². The average molecular weight is 247 g/mol. The summed E-state index contributed by atoms with van der Waals surface area (Å²) in [5, 5.41) is 10.5. The largest absolute Gasteiger partial charge is 0.388 e. The van der Waals surface area contributed by atoms with Gasteiger partial charge in [0.15, 0.2) is 0 Å². The van der Waals surface area contributed by atoms with E-state index in [2.05, 4.69) is 37.8 Å². The van der Waals surface area contributed by atoms with Gasteiger partial charge in [-0.25, -0.2) is 0 Å². The smallest absolute Gasteiger partial charge is 0.0819 e. The van der Waals surface area contributed by atoms with Crippen LogP contribution in [0.25, 0.3) is 0 Å². The highest BCUT2D eigenvalue weighted by molar-refractivity contribution is 5.24. The summed E-state index contributed by atoms with van der Waals surface area (Å²) < 4.78 is 0. The molecule has 0 aliphatic carbocycles. The Balaban J connectivity index is 1.97. The Morgan fingerprint density at radius 3 is 2.44 bits per heavy atom. The summed E-state index contributed by atoms with van der Waals surface area (Å²) in [6, 6.07) is 8.91. The second-order valence-electron chi connectivity index (χ2n) is 5.83. The molecular formula is C16H25NO. The number of hydrogen-bond donors (Lipinski definition) is 1. The van der Waals surface area contributed by atoms with E-state index in [9.17, 15) is 5.11 Å². The van der Waals surface area contributed by atoms with Crippen LogP contribution in [-0.4, -0.2) is 29.1 Å². The van der Waals surface area contributed by atoms with E-state index in [1.165, 1.54) is 5.56 Å². The van der Waals surface area contributed by atoms with Gasteiger partial charge in [-0.3, -0.25) is 0 Å². The molecule has 2 rings (SSSR count). The van der Waals surface area contributed by atoms with Gasteiger partial charge in [0.05, 0.1) is 6.10 Å². The van der Waals surface area contributed by atoms with Crippen molar-refractivity contribution in [2.24, 2.45) is 5.92 Å². The minimum Gasteiger partial charge on any atom is -0.388 e. The van der Waals surface area contributed by atoms with Gasteiger partial charge < -0.3 is 10.0 Å². The van der Waals surface area contributed by atoms with Gasteiger partial charge in [-0.05, 0) is 58.2 Å². The van der Waals surface area contributed by atoms with Crippen LogP contribution in [-0.2, 0) is 0 Å². The maximum Gasteiger partial charge on any atom is 0.0819 e. The Labute approximate surface area is 111 Å². The van der Waals surface area contributed by atoms with Crippen molar-refractivity contribution in [3.63, 3.8) is 0 Å². The summed E-state index contributed by atoms with van der Waals surface area (Å²) in [6.07, 6.45) is 1.92. The average Bonchev–Trinajstić information content (AvgIpc) is 2.38. The monoisotopic (exact) mass is 247 g/mol. The maximum absolute atomic E-state index is 10.5. The van der Waals surface area contributed by atoms with E-state index < -0.39 is 0 Å². The number of hydrogen-bond acceptors (Lipinski definition) is 2. The summed E-state index contributed by atoms with van der Waals surface area (Å²) in [5.74, 6) is 0.418. The molecule has 1 aromatic carbocycles. The molecule has 0 radical (unpaired) electrons. The third kappa shape index (κ3) is 3.12. The van der Waals surface area contributed by atoms with E-state index in [-0.39, 0.29) is 6.10 Å². The Kier molecular flexibility index (Phi) is 4.41. The van der Waals surface area contributed by atoms with Crippen molar-refractivity contribution < 1.29 is 5.11 Å². The Morgan fingerprint density at radius 1 is 1.22 bits per heavy atom. The van der Waals surface area contributed by atoms with Crippen molar-refractivity contribution in [2.45, 2.75) is 45.8 Å². The first kappa shape index (κ1) is 13.6. The van der Waals surface area contributed by atoms with Gasteiger partial charge in [-0.15, -0.1) is 0 Å². The van der Waals surface area contributed by atoms with Gasteiger partial charge in [0.25, 0.3) is 0 Å². The SMILES string of the molecule is Cc1cccc(C(O)C2CCN(C(C)C)CC2)c1. The second kappa shape index (κ2) is 5.85. The topological polar surface area (TPSA) is 23.5 Å². The molecule has 1 atom stereocenters. The first-order valence-electron chi connectivity index (χ1n) is 7.06. The van der Waals surface area contributed by atoms with Gasteiger partial charge in [0.2, 0.25) is 0 Å². The lowest BCUT2D eigenvalue weighted by Gasteiger charge is -2.36. The first-order chi connectivity index (χ1) is 8.58. The standard InChI is InChI=1S/C16H25NO/c1-12(2)17-9-7-14(8-10-17)16(18)15-6-4-5-13(3)11-15/h4-6,11-12,14,16,18H,7-10H2,1-3H3. The number of aliphatic hydroxyl groups is 1. The number of rotatable bonds is 3. The van der Waals surface area contributed by atoms with Crippen LogP contribution < -0.4 is 0 Å². The summed E-state index contributed by atoms with van der Waals surface area (Å²) in [6.45, 7) is 8.81. The Bertz CT molecular complexity index is 380. The molecule has 1 unspecified atom stereocenters. The van der Waals surface area contributed by atoms with Crippen molar-refractivity contribution in [3.8, 4) is 0 Å². The molecule has 0 amide bonds. The van der Waals surface area contributed by atoms with Crippen molar-refractivity contribution in [1.82, 2.24) is 4.90 Å². The van der Waals surface area contributed by atoms with Crippen LogP contribution in [0.3, 0.4) is 0 Å². The second-order valence-corrected chi connectivity index (χ2v) is 5.83. The molecule has 100 valence electrons. The third-order valence-corrected chi connectivity index (χ3v) is 4.13. The van der Waals surface area contributed by atoms with Crippen LogP contribution in [0.15, 0.2) is 24.3 Å². The van der Waals surface area contributed by atoms with E-state index in [0.717, 1.165) is 31.5 Å². The van der Waals surface area contributed by atoms with Gasteiger partial charge >= 0.3 is 0 Å². The first-order valence-corrected chi connectivity index (χ1v) is 7.06. The zero-order valence-corrected chi connectivity index (χ0v) is 11.8. The number of aliphatic hydroxyl groups excluding tert-OH is 1. The zero-order chi connectivity index (χ0) is 13.1. The number of nitrogens with zero attached hydrogens (tertiary/aromatic N) is 1. The van der Waals surface area contributed by atoms with E-state index in [1.807, 2.05) is 12.1 Å². The normalized spacial score (nSPS) is 20.3. The Hall–Kier alpha value is -0.860. The van der Waals surface area contributed by atoms with Crippen molar-refractivity contribution in [1.29, 1.82) is 0 Å². The molecule has 2 heteroatoms.